The van der Waals surface area contributed by atoms with Crippen LogP contribution in [0.5, 0.6) is 0 Å². The minimum atomic E-state index is -2.37. The van der Waals surface area contributed by atoms with Crippen molar-refractivity contribution in [1.82, 2.24) is 20.2 Å². The minimum Gasteiger partial charge on any atom is -0.390 e. The van der Waals surface area contributed by atoms with Gasteiger partial charge in [-0.3, -0.25) is 43.3 Å². The number of amides is 4. The number of imide groups is 1. The number of carbonyl (C=O) groups is 8. The summed E-state index contributed by atoms with van der Waals surface area (Å²) in [5.74, 6) is -7.33. The van der Waals surface area contributed by atoms with E-state index in [1.165, 1.54) is 38.5 Å². The first-order valence-electron chi connectivity index (χ1n) is 25.4. The Bertz CT molecular complexity index is 2890. The fraction of sp³-hybridized carbons (Fsp3) is 0.482. The number of aliphatic hydroxyl groups is 2. The lowest BCUT2D eigenvalue weighted by molar-refractivity contribution is -0.235. The van der Waals surface area contributed by atoms with Crippen LogP contribution in [0.4, 0.5) is 14.5 Å². The van der Waals surface area contributed by atoms with Crippen LogP contribution in [0.15, 0.2) is 97.0 Å². The van der Waals surface area contributed by atoms with Gasteiger partial charge in [-0.2, -0.15) is 0 Å². The van der Waals surface area contributed by atoms with Crippen molar-refractivity contribution >= 4 is 52.4 Å². The number of rotatable bonds is 19. The number of fused-ring (bicyclic) bond motifs is 7. The number of nitrogens with zero attached hydrogens (tertiary/aromatic N) is 2. The van der Waals surface area contributed by atoms with Gasteiger partial charge in [0.15, 0.2) is 34.9 Å². The second-order valence-electron chi connectivity index (χ2n) is 21.5. The van der Waals surface area contributed by atoms with Gasteiger partial charge in [0.05, 0.1) is 30.5 Å². The van der Waals surface area contributed by atoms with Gasteiger partial charge < -0.3 is 35.3 Å². The molecule has 4 aliphatic carbocycles. The zero-order valence-electron chi connectivity index (χ0n) is 42.1. The van der Waals surface area contributed by atoms with Crippen molar-refractivity contribution in [2.24, 2.45) is 34.5 Å². The zero-order chi connectivity index (χ0) is 53.8. The molecular formula is C56H61F2N5O12. The fourth-order valence-corrected chi connectivity index (χ4v) is 12.9. The van der Waals surface area contributed by atoms with Crippen LogP contribution in [0.3, 0.4) is 0 Å². The molecule has 2 aliphatic heterocycles. The van der Waals surface area contributed by atoms with E-state index in [0.717, 1.165) is 34.3 Å². The molecule has 3 aromatic rings. The monoisotopic (exact) mass is 1030 g/mol. The number of aromatic amines is 1. The lowest BCUT2D eigenvalue weighted by Gasteiger charge is -2.63. The van der Waals surface area contributed by atoms with E-state index in [0.29, 0.717) is 23.4 Å². The van der Waals surface area contributed by atoms with Crippen molar-refractivity contribution < 1.29 is 66.8 Å². The van der Waals surface area contributed by atoms with Crippen LogP contribution in [0, 0.1) is 34.5 Å². The van der Waals surface area contributed by atoms with Crippen molar-refractivity contribution in [2.45, 2.75) is 121 Å². The maximum atomic E-state index is 17.8. The number of Topliss-reactive ketones (excluding diaryl/α,β-unsaturated/α-hetero) is 3. The van der Waals surface area contributed by atoms with Gasteiger partial charge in [-0.05, 0) is 86.4 Å². The smallest absolute Gasteiger partial charge is 0.253 e. The third kappa shape index (κ3) is 9.46. The molecule has 5 N–H and O–H groups in total. The topological polar surface area (TPSA) is 251 Å². The van der Waals surface area contributed by atoms with Gasteiger partial charge in [0.25, 0.3) is 11.8 Å². The Hall–Kier alpha value is -6.67. The van der Waals surface area contributed by atoms with Gasteiger partial charge >= 0.3 is 0 Å². The third-order valence-corrected chi connectivity index (χ3v) is 17.0. The second-order valence-corrected chi connectivity index (χ2v) is 21.5. The number of H-pyrrole nitrogens is 1. The number of nitrogens with one attached hydrogen (secondary N) is 3. The molecule has 19 heteroatoms. The molecule has 13 atom stereocenters. The zero-order valence-corrected chi connectivity index (χ0v) is 42.1. The molecule has 0 bridgehead atoms. The summed E-state index contributed by atoms with van der Waals surface area (Å²) in [7, 11) is 0. The van der Waals surface area contributed by atoms with Crippen LogP contribution >= 0.6 is 0 Å². The quantitative estimate of drug-likeness (QED) is 0.101. The molecule has 1 aromatic heterocycles. The largest absolute Gasteiger partial charge is 0.390 e. The average molecular weight is 1030 g/mol. The summed E-state index contributed by atoms with van der Waals surface area (Å²) >= 11 is 0. The number of hydrogen-bond donors (Lipinski definition) is 5. The Morgan fingerprint density at radius 1 is 0.947 bits per heavy atom. The number of ketones is 4. The van der Waals surface area contributed by atoms with Crippen LogP contribution in [0.2, 0.25) is 0 Å². The predicted octanol–water partition coefficient (Wildman–Crippen LogP) is 4.82. The number of ether oxygens (including phenoxy) is 2. The summed E-state index contributed by atoms with van der Waals surface area (Å²) in [5, 5.41) is 27.8. The molecule has 6 aliphatic rings. The van der Waals surface area contributed by atoms with E-state index in [9.17, 15) is 48.6 Å². The molecule has 0 spiro atoms. The highest BCUT2D eigenvalue weighted by Crippen LogP contribution is 2.72. The van der Waals surface area contributed by atoms with E-state index in [2.05, 4.69) is 20.6 Å². The Morgan fingerprint density at radius 3 is 2.37 bits per heavy atom. The van der Waals surface area contributed by atoms with Gasteiger partial charge in [-0.1, -0.05) is 56.3 Å². The van der Waals surface area contributed by atoms with Crippen LogP contribution in [0.25, 0.3) is 0 Å². The minimum absolute atomic E-state index is 0.00728. The molecule has 1 saturated heterocycles. The molecule has 2 aromatic carbocycles. The van der Waals surface area contributed by atoms with Crippen LogP contribution < -0.4 is 10.6 Å². The fourth-order valence-electron chi connectivity index (χ4n) is 12.9. The van der Waals surface area contributed by atoms with E-state index in [-0.39, 0.29) is 62.8 Å². The summed E-state index contributed by atoms with van der Waals surface area (Å²) in [5.41, 5.74) is -3.66. The van der Waals surface area contributed by atoms with Crippen LogP contribution in [-0.4, -0.2) is 121 Å². The lowest BCUT2D eigenvalue weighted by atomic mass is 9.44. The number of halogens is 2. The Morgan fingerprint density at radius 2 is 1.68 bits per heavy atom. The number of carbonyl (C=O) groups excluding carboxylic acids is 8. The number of allylic oxidation sites excluding steroid dienone is 4. The van der Waals surface area contributed by atoms with E-state index >= 15 is 8.78 Å². The second kappa shape index (κ2) is 20.5. The molecule has 396 valence electrons. The number of aromatic nitrogens is 2. The molecule has 3 heterocycles. The number of anilines is 1. The van der Waals surface area contributed by atoms with Crippen LogP contribution in [-0.2, 0) is 60.7 Å². The summed E-state index contributed by atoms with van der Waals surface area (Å²) in [6, 6.07) is 13.5. The van der Waals surface area contributed by atoms with Crippen molar-refractivity contribution in [1.29, 1.82) is 0 Å². The molecule has 9 rings (SSSR count). The first-order valence-corrected chi connectivity index (χ1v) is 25.4. The Kier molecular flexibility index (Phi) is 14.5. The Balaban J connectivity index is 0.795. The first kappa shape index (κ1) is 53.2. The Labute approximate surface area is 431 Å². The normalized spacial score (nSPS) is 31.7. The van der Waals surface area contributed by atoms with Crippen molar-refractivity contribution in [3.05, 3.63) is 119 Å². The molecule has 17 nitrogen and oxygen atoms in total. The molecule has 4 amide bonds. The highest BCUT2D eigenvalue weighted by Gasteiger charge is 2.80. The SMILES string of the molecule is C[C@H](CC(=O)[C@H](C)NC(=O)[C@@H](CC(=O)CCN1C(=O)C=CC1=O)Cc1cnc[nH]1)C(=O)Nc1cccc(Cc2ccc(C3O[C@@H]4C[C@H]5[C@@H]6C[C@H](F)C7=CC(=O)C=C[C@]7(C)[C@@]6(F)[C@@H](O)C[C@]5(C)[C@]4(C(=O)CO)O3)cc2)c1. The van der Waals surface area contributed by atoms with Crippen molar-refractivity contribution in [3.8, 4) is 0 Å². The number of imidazole rings is 1. The molecule has 0 radical (unpaired) electrons. The average Bonchev–Trinajstić information content (AvgIpc) is 4.16. The van der Waals surface area contributed by atoms with E-state index < -0.39 is 124 Å². The number of hydrogen-bond acceptors (Lipinski definition) is 13. The highest BCUT2D eigenvalue weighted by molar-refractivity contribution is 6.13. The highest BCUT2D eigenvalue weighted by atomic mass is 19.1. The number of alkyl halides is 2. The van der Waals surface area contributed by atoms with E-state index in [1.807, 2.05) is 18.2 Å². The standard InChI is InChI=1S/C56H61F2N5O12/c1-30(18-44(67)31(2)61-51(73)35(21-37-27-59-29-60-37)22-39(66)15-17-63-48(70)12-13-49(63)71)50(72)62-36-7-5-6-33(20-36)19-32-8-10-34(11-9-32)52-74-47-25-40-41-24-43(57)42-23-38(65)14-16-53(42,3)55(41,58)45(68)26-54(40,4)56(47,75-52)46(69)28-64/h5-14,16,20,23,27,29-31,35,40-41,43,45,47,52,64,68H,15,17-19,21-22,24-26,28H2,1-4H3,(H,59,60)(H,61,73)(H,62,72)/t30-,31+,35-,40+,41+,43+,45+,47-,52?,53+,54+,55+,56-/m1/s1. The van der Waals surface area contributed by atoms with Gasteiger partial charge in [0, 0.05) is 90.2 Å². The van der Waals surface area contributed by atoms with Gasteiger partial charge in [0.1, 0.15) is 18.6 Å². The maximum Gasteiger partial charge on any atom is 0.253 e. The van der Waals surface area contributed by atoms with Crippen molar-refractivity contribution in [2.75, 3.05) is 18.5 Å². The first-order chi connectivity index (χ1) is 35.6. The van der Waals surface area contributed by atoms with E-state index in [4.69, 9.17) is 9.47 Å². The van der Waals surface area contributed by atoms with Gasteiger partial charge in [-0.15, -0.1) is 0 Å². The summed E-state index contributed by atoms with van der Waals surface area (Å²) in [6.07, 6.45) is 3.11. The number of benzene rings is 2. The summed E-state index contributed by atoms with van der Waals surface area (Å²) < 4.78 is 47.0. The van der Waals surface area contributed by atoms with E-state index in [1.54, 1.807) is 44.2 Å². The molecule has 1 unspecified atom stereocenters. The van der Waals surface area contributed by atoms with Crippen LogP contribution in [0.1, 0.15) is 94.9 Å². The third-order valence-electron chi connectivity index (χ3n) is 17.0. The maximum absolute atomic E-state index is 17.8. The molecule has 3 saturated carbocycles. The number of aliphatic hydroxyl groups excluding tert-OH is 2. The van der Waals surface area contributed by atoms with Gasteiger partial charge in [-0.25, -0.2) is 13.8 Å². The van der Waals surface area contributed by atoms with Crippen molar-refractivity contribution in [3.63, 3.8) is 0 Å². The lowest BCUT2D eigenvalue weighted by Crippen LogP contribution is -2.70. The van der Waals surface area contributed by atoms with Gasteiger partial charge in [0.2, 0.25) is 11.8 Å². The molecule has 4 fully saturated rings. The summed E-state index contributed by atoms with van der Waals surface area (Å²) in [4.78, 5) is 111. The molecular weight excluding hydrogens is 973 g/mol. The summed E-state index contributed by atoms with van der Waals surface area (Å²) in [6.45, 7) is 5.32. The predicted molar refractivity (Wildman–Crippen MR) is 264 cm³/mol. The molecule has 75 heavy (non-hydrogen) atoms.